The number of nitrogens with one attached hydrogen (secondary N) is 1. The number of benzene rings is 6. The normalized spacial score (nSPS) is 20.0. The molecule has 326 valence electrons. The van der Waals surface area contributed by atoms with Gasteiger partial charge in [-0.2, -0.15) is 0 Å². The number of fused-ring (bicyclic) bond motifs is 4. The molecule has 3 aliphatic carbocycles. The first kappa shape index (κ1) is 41.7. The summed E-state index contributed by atoms with van der Waals surface area (Å²) in [6.07, 6.45) is 24.9. The number of anilines is 2. The van der Waals surface area contributed by atoms with Crippen LogP contribution in [0.3, 0.4) is 0 Å². The average molecular weight is 858 g/mol. The first-order chi connectivity index (χ1) is 32.2. The Bertz CT molecular complexity index is 3230. The van der Waals surface area contributed by atoms with Crippen LogP contribution in [-0.2, 0) is 5.54 Å². The molecule has 1 aromatic heterocycles. The van der Waals surface area contributed by atoms with E-state index in [1.165, 1.54) is 101 Å². The number of rotatable bonds is 9. The number of nitrogens with zero attached hydrogens (tertiary/aromatic N) is 2. The van der Waals surface area contributed by atoms with E-state index < -0.39 is 0 Å². The lowest BCUT2D eigenvalue weighted by atomic mass is 9.72. The van der Waals surface area contributed by atoms with Crippen molar-refractivity contribution in [2.75, 3.05) is 18.0 Å². The standard InChI is InChI=1S/C63H59N3/c1-6-7-25-59-43(2)56-40-48(28-34-61(56)66(59)63(5)36-14-9-15-37-63)51-33-35-60(55-23-13-12-22-52(51)55)65(50-31-32-54-53-24-17-38-64-42-58(53)62(3,4)57(54)41-50)49-29-26-45(27-30-49)47-21-16-20-46(39-47)44-18-10-8-11-19-44/h6-8,10-14,16-36,39-40,57,64H,1,9,15,37-38,41-42H2,2-5H3/b25-7-. The van der Waals surface area contributed by atoms with Crippen LogP contribution in [-0.4, -0.2) is 17.7 Å². The van der Waals surface area contributed by atoms with Crippen LogP contribution in [0, 0.1) is 18.3 Å². The summed E-state index contributed by atoms with van der Waals surface area (Å²) < 4.78 is 2.57. The van der Waals surface area contributed by atoms with Crippen molar-refractivity contribution in [3.8, 4) is 33.4 Å². The van der Waals surface area contributed by atoms with E-state index in [2.05, 4.69) is 231 Å². The molecule has 2 heterocycles. The second kappa shape index (κ2) is 16.8. The summed E-state index contributed by atoms with van der Waals surface area (Å²) in [4.78, 5) is 2.56. The van der Waals surface area contributed by atoms with Crippen molar-refractivity contribution in [3.05, 3.63) is 222 Å². The van der Waals surface area contributed by atoms with Crippen molar-refractivity contribution in [1.82, 2.24) is 9.88 Å². The number of aromatic nitrogens is 1. The smallest absolute Gasteiger partial charge is 0.0605 e. The average Bonchev–Trinajstić information content (AvgIpc) is 3.58. The molecule has 1 aliphatic heterocycles. The largest absolute Gasteiger partial charge is 0.331 e. The summed E-state index contributed by atoms with van der Waals surface area (Å²) in [5.41, 5.74) is 19.2. The maximum Gasteiger partial charge on any atom is 0.0605 e. The quantitative estimate of drug-likeness (QED) is 0.115. The van der Waals surface area contributed by atoms with Crippen molar-refractivity contribution in [2.24, 2.45) is 11.3 Å². The van der Waals surface area contributed by atoms with Gasteiger partial charge in [-0.05, 0) is 160 Å². The van der Waals surface area contributed by atoms with Gasteiger partial charge < -0.3 is 14.8 Å². The highest BCUT2D eigenvalue weighted by molar-refractivity contribution is 6.06. The Labute approximate surface area is 391 Å². The highest BCUT2D eigenvalue weighted by atomic mass is 15.2. The maximum absolute atomic E-state index is 4.01. The van der Waals surface area contributed by atoms with Crippen LogP contribution >= 0.6 is 0 Å². The molecule has 7 aromatic rings. The maximum atomic E-state index is 4.01. The molecule has 0 fully saturated rings. The second-order valence-corrected chi connectivity index (χ2v) is 19.5. The third kappa shape index (κ3) is 7.09. The lowest BCUT2D eigenvalue weighted by molar-refractivity contribution is 0.317. The lowest BCUT2D eigenvalue weighted by Gasteiger charge is -2.38. The molecule has 0 saturated carbocycles. The van der Waals surface area contributed by atoms with Crippen molar-refractivity contribution in [3.63, 3.8) is 0 Å². The zero-order valence-electron chi connectivity index (χ0n) is 38.8. The van der Waals surface area contributed by atoms with Gasteiger partial charge in [-0.1, -0.05) is 160 Å². The third-order valence-corrected chi connectivity index (χ3v) is 15.2. The number of aryl methyl sites for hydroxylation is 1. The van der Waals surface area contributed by atoms with Gasteiger partial charge in [-0.15, -0.1) is 0 Å². The molecular formula is C63H59N3. The van der Waals surface area contributed by atoms with Crippen molar-refractivity contribution >= 4 is 39.1 Å². The van der Waals surface area contributed by atoms with Crippen LogP contribution in [0.4, 0.5) is 11.4 Å². The molecule has 2 unspecified atom stereocenters. The fourth-order valence-electron chi connectivity index (χ4n) is 11.7. The topological polar surface area (TPSA) is 20.2 Å². The Balaban J connectivity index is 1.04. The molecule has 11 rings (SSSR count). The lowest BCUT2D eigenvalue weighted by Crippen LogP contribution is -2.31. The summed E-state index contributed by atoms with van der Waals surface area (Å²) in [5, 5.41) is 7.45. The Morgan fingerprint density at radius 2 is 1.47 bits per heavy atom. The van der Waals surface area contributed by atoms with E-state index in [4.69, 9.17) is 0 Å². The number of hydrogen-bond donors (Lipinski definition) is 1. The number of hydrogen-bond acceptors (Lipinski definition) is 2. The van der Waals surface area contributed by atoms with Crippen LogP contribution in [0.15, 0.2) is 211 Å². The third-order valence-electron chi connectivity index (χ3n) is 15.2. The zero-order valence-corrected chi connectivity index (χ0v) is 38.8. The molecule has 0 amide bonds. The zero-order chi connectivity index (χ0) is 45.0. The van der Waals surface area contributed by atoms with Gasteiger partial charge in [0, 0.05) is 46.5 Å². The van der Waals surface area contributed by atoms with Gasteiger partial charge in [0.1, 0.15) is 0 Å². The molecule has 0 saturated heterocycles. The van der Waals surface area contributed by atoms with Crippen LogP contribution in [0.1, 0.15) is 57.7 Å². The van der Waals surface area contributed by atoms with Crippen LogP contribution in [0.2, 0.25) is 0 Å². The van der Waals surface area contributed by atoms with E-state index in [-0.39, 0.29) is 11.0 Å². The Kier molecular flexibility index (Phi) is 10.6. The molecule has 0 radical (unpaired) electrons. The summed E-state index contributed by atoms with van der Waals surface area (Å²) in [6.45, 7) is 15.5. The van der Waals surface area contributed by atoms with E-state index in [9.17, 15) is 0 Å². The molecule has 0 spiro atoms. The predicted molar refractivity (Wildman–Crippen MR) is 282 cm³/mol. The molecule has 66 heavy (non-hydrogen) atoms. The monoisotopic (exact) mass is 857 g/mol. The highest BCUT2D eigenvalue weighted by Gasteiger charge is 2.45. The SMILES string of the molecule is C=C/C=C\c1c(C)c2cc(-c3ccc(N(C4=CC=C5C6=C(CNCC=C6)C(C)(C)C5C4)c4ccc(-c5cccc(-c6ccccc6)c5)cc4)c4ccccc34)ccc2n1C1(C)C=CCCC1. The van der Waals surface area contributed by atoms with Gasteiger partial charge in [0.05, 0.1) is 11.2 Å². The Morgan fingerprint density at radius 3 is 2.24 bits per heavy atom. The fraction of sp³-hybridized carbons (Fsp3) is 0.206. The summed E-state index contributed by atoms with van der Waals surface area (Å²) in [6, 6.07) is 49.8. The summed E-state index contributed by atoms with van der Waals surface area (Å²) in [7, 11) is 0. The Hall–Kier alpha value is -6.94. The van der Waals surface area contributed by atoms with Gasteiger partial charge in [0.2, 0.25) is 0 Å². The van der Waals surface area contributed by atoms with E-state index in [0.717, 1.165) is 38.0 Å². The molecule has 2 atom stereocenters. The second-order valence-electron chi connectivity index (χ2n) is 19.5. The van der Waals surface area contributed by atoms with Crippen molar-refractivity contribution < 1.29 is 0 Å². The summed E-state index contributed by atoms with van der Waals surface area (Å²) >= 11 is 0. The minimum atomic E-state index is -0.0882. The molecule has 3 nitrogen and oxygen atoms in total. The molecule has 4 aliphatic rings. The van der Waals surface area contributed by atoms with E-state index in [1.54, 1.807) is 0 Å². The van der Waals surface area contributed by atoms with Gasteiger partial charge in [-0.3, -0.25) is 0 Å². The first-order valence-corrected chi connectivity index (χ1v) is 24.0. The van der Waals surface area contributed by atoms with Crippen LogP contribution < -0.4 is 10.2 Å². The number of allylic oxidation sites excluding steroid dienone is 10. The van der Waals surface area contributed by atoms with E-state index in [1.807, 2.05) is 6.08 Å². The van der Waals surface area contributed by atoms with E-state index >= 15 is 0 Å². The first-order valence-electron chi connectivity index (χ1n) is 24.0. The van der Waals surface area contributed by atoms with Crippen LogP contribution in [0.5, 0.6) is 0 Å². The molecule has 6 aromatic carbocycles. The molecule has 3 heteroatoms. The highest BCUT2D eigenvalue weighted by Crippen LogP contribution is 2.56. The van der Waals surface area contributed by atoms with Gasteiger partial charge in [0.15, 0.2) is 0 Å². The molecular weight excluding hydrogens is 799 g/mol. The van der Waals surface area contributed by atoms with E-state index in [0.29, 0.717) is 5.92 Å². The minimum Gasteiger partial charge on any atom is -0.331 e. The Morgan fingerprint density at radius 1 is 0.727 bits per heavy atom. The minimum absolute atomic E-state index is 0.0232. The van der Waals surface area contributed by atoms with Gasteiger partial charge in [-0.25, -0.2) is 0 Å². The van der Waals surface area contributed by atoms with Crippen LogP contribution in [0.25, 0.3) is 61.1 Å². The fourth-order valence-corrected chi connectivity index (χ4v) is 11.7. The molecule has 1 N–H and O–H groups in total. The van der Waals surface area contributed by atoms with Crippen molar-refractivity contribution in [2.45, 2.75) is 58.9 Å². The molecule has 0 bridgehead atoms. The van der Waals surface area contributed by atoms with Gasteiger partial charge >= 0.3 is 0 Å². The predicted octanol–water partition coefficient (Wildman–Crippen LogP) is 16.2. The van der Waals surface area contributed by atoms with Crippen molar-refractivity contribution in [1.29, 1.82) is 0 Å². The van der Waals surface area contributed by atoms with Gasteiger partial charge in [0.25, 0.3) is 0 Å². The summed E-state index contributed by atoms with van der Waals surface area (Å²) in [5.74, 6) is 0.375.